The van der Waals surface area contributed by atoms with Crippen molar-refractivity contribution in [3.8, 4) is 0 Å². The van der Waals surface area contributed by atoms with Gasteiger partial charge in [-0.25, -0.2) is 9.82 Å². The highest BCUT2D eigenvalue weighted by Crippen LogP contribution is 2.22. The standard InChI is InChI=1S/C18H22FN7/c19-15-7-5-6-14(12-15)13-20-24-16-21-17(25-8-1-2-9-25)23-18(22-16)26-10-3-4-11-26/h5-7,12-13H,1-4,8-11H2,(H,21,22,23,24)/b20-13-. The second kappa shape index (κ2) is 7.63. The predicted molar refractivity (Wildman–Crippen MR) is 100 cm³/mol. The number of anilines is 3. The van der Waals surface area contributed by atoms with Crippen LogP contribution in [0.25, 0.3) is 0 Å². The van der Waals surface area contributed by atoms with Gasteiger partial charge in [0.1, 0.15) is 5.82 Å². The molecule has 0 saturated carbocycles. The van der Waals surface area contributed by atoms with Gasteiger partial charge in [-0.15, -0.1) is 0 Å². The fourth-order valence-corrected chi connectivity index (χ4v) is 3.27. The van der Waals surface area contributed by atoms with Crippen LogP contribution in [-0.2, 0) is 0 Å². The van der Waals surface area contributed by atoms with Gasteiger partial charge in [0.25, 0.3) is 0 Å². The van der Waals surface area contributed by atoms with Crippen molar-refractivity contribution in [2.24, 2.45) is 5.10 Å². The van der Waals surface area contributed by atoms with Crippen LogP contribution < -0.4 is 15.2 Å². The Kier molecular flexibility index (Phi) is 4.90. The minimum absolute atomic E-state index is 0.290. The quantitative estimate of drug-likeness (QED) is 0.657. The topological polar surface area (TPSA) is 69.5 Å². The lowest BCUT2D eigenvalue weighted by Gasteiger charge is -2.20. The maximum atomic E-state index is 13.2. The predicted octanol–water partition coefficient (Wildman–Crippen LogP) is 2.66. The molecule has 4 rings (SSSR count). The van der Waals surface area contributed by atoms with E-state index in [4.69, 9.17) is 0 Å². The first-order chi connectivity index (χ1) is 12.8. The van der Waals surface area contributed by atoms with Gasteiger partial charge in [-0.1, -0.05) is 12.1 Å². The number of hydrazone groups is 1. The summed E-state index contributed by atoms with van der Waals surface area (Å²) in [7, 11) is 0. The summed E-state index contributed by atoms with van der Waals surface area (Å²) in [5.41, 5.74) is 3.54. The molecule has 1 N–H and O–H groups in total. The molecule has 0 aliphatic carbocycles. The van der Waals surface area contributed by atoms with Gasteiger partial charge in [-0.05, 0) is 43.4 Å². The molecule has 3 heterocycles. The van der Waals surface area contributed by atoms with Crippen LogP contribution in [0.4, 0.5) is 22.2 Å². The highest BCUT2D eigenvalue weighted by Gasteiger charge is 2.21. The SMILES string of the molecule is Fc1cccc(/C=N\Nc2nc(N3CCCC3)nc(N3CCCC3)n2)c1. The van der Waals surface area contributed by atoms with Crippen LogP contribution in [0.15, 0.2) is 29.4 Å². The summed E-state index contributed by atoms with van der Waals surface area (Å²) in [6.45, 7) is 3.87. The molecule has 26 heavy (non-hydrogen) atoms. The van der Waals surface area contributed by atoms with E-state index >= 15 is 0 Å². The molecule has 0 atom stereocenters. The molecule has 0 radical (unpaired) electrons. The smallest absolute Gasteiger partial charge is 0.250 e. The highest BCUT2D eigenvalue weighted by atomic mass is 19.1. The Balaban J connectivity index is 1.55. The Morgan fingerprint density at radius 1 is 0.923 bits per heavy atom. The molecule has 8 heteroatoms. The first kappa shape index (κ1) is 16.7. The zero-order valence-corrected chi connectivity index (χ0v) is 14.6. The van der Waals surface area contributed by atoms with Crippen molar-refractivity contribution in [3.63, 3.8) is 0 Å². The van der Waals surface area contributed by atoms with Crippen molar-refractivity contribution in [2.45, 2.75) is 25.7 Å². The van der Waals surface area contributed by atoms with Crippen molar-refractivity contribution in [2.75, 3.05) is 41.4 Å². The molecule has 136 valence electrons. The maximum Gasteiger partial charge on any atom is 0.250 e. The van der Waals surface area contributed by atoms with Crippen LogP contribution in [0.3, 0.4) is 0 Å². The number of nitrogens with one attached hydrogen (secondary N) is 1. The van der Waals surface area contributed by atoms with Crippen molar-refractivity contribution in [3.05, 3.63) is 35.6 Å². The van der Waals surface area contributed by atoms with Gasteiger partial charge in [-0.3, -0.25) is 0 Å². The first-order valence-corrected chi connectivity index (χ1v) is 9.08. The van der Waals surface area contributed by atoms with Gasteiger partial charge >= 0.3 is 0 Å². The van der Waals surface area contributed by atoms with E-state index in [1.807, 2.05) is 0 Å². The van der Waals surface area contributed by atoms with Crippen LogP contribution in [0.5, 0.6) is 0 Å². The highest BCUT2D eigenvalue weighted by molar-refractivity contribution is 5.79. The van der Waals surface area contributed by atoms with Crippen LogP contribution >= 0.6 is 0 Å². The lowest BCUT2D eigenvalue weighted by Crippen LogP contribution is -2.25. The third-order valence-corrected chi connectivity index (χ3v) is 4.62. The number of nitrogens with zero attached hydrogens (tertiary/aromatic N) is 6. The fraction of sp³-hybridized carbons (Fsp3) is 0.444. The maximum absolute atomic E-state index is 13.2. The van der Waals surface area contributed by atoms with Crippen molar-refractivity contribution in [1.82, 2.24) is 15.0 Å². The molecule has 0 amide bonds. The Labute approximate surface area is 152 Å². The van der Waals surface area contributed by atoms with E-state index in [1.165, 1.54) is 12.1 Å². The average molecular weight is 355 g/mol. The summed E-state index contributed by atoms with van der Waals surface area (Å²) < 4.78 is 13.2. The second-order valence-electron chi connectivity index (χ2n) is 6.57. The monoisotopic (exact) mass is 355 g/mol. The average Bonchev–Trinajstić information content (AvgIpc) is 3.36. The Morgan fingerprint density at radius 2 is 1.54 bits per heavy atom. The van der Waals surface area contributed by atoms with Gasteiger partial charge in [0.15, 0.2) is 0 Å². The molecular weight excluding hydrogens is 333 g/mol. The van der Waals surface area contributed by atoms with Crippen molar-refractivity contribution >= 4 is 24.1 Å². The zero-order chi connectivity index (χ0) is 17.8. The molecule has 2 aliphatic heterocycles. The number of hydrogen-bond donors (Lipinski definition) is 1. The first-order valence-electron chi connectivity index (χ1n) is 9.08. The van der Waals surface area contributed by atoms with Crippen LogP contribution in [0.2, 0.25) is 0 Å². The van der Waals surface area contributed by atoms with E-state index in [2.05, 4.69) is 35.3 Å². The number of benzene rings is 1. The number of aromatic nitrogens is 3. The van der Waals surface area contributed by atoms with Gasteiger partial charge in [-0.2, -0.15) is 20.1 Å². The van der Waals surface area contributed by atoms with Crippen LogP contribution in [0, 0.1) is 5.82 Å². The third kappa shape index (κ3) is 3.89. The molecule has 7 nitrogen and oxygen atoms in total. The van der Waals surface area contributed by atoms with E-state index in [0.717, 1.165) is 51.9 Å². The largest absolute Gasteiger partial charge is 0.341 e. The third-order valence-electron chi connectivity index (χ3n) is 4.62. The Hall–Kier alpha value is -2.77. The lowest BCUT2D eigenvalue weighted by atomic mass is 10.2. The summed E-state index contributed by atoms with van der Waals surface area (Å²) in [4.78, 5) is 18.1. The number of hydrogen-bond acceptors (Lipinski definition) is 7. The van der Waals surface area contributed by atoms with Crippen LogP contribution in [-0.4, -0.2) is 47.3 Å². The molecule has 0 bridgehead atoms. The van der Waals surface area contributed by atoms with E-state index in [9.17, 15) is 4.39 Å². The molecular formula is C18H22FN7. The van der Waals surface area contributed by atoms with Gasteiger partial charge < -0.3 is 9.80 Å². The molecule has 1 aromatic carbocycles. The van der Waals surface area contributed by atoms with E-state index in [1.54, 1.807) is 18.3 Å². The molecule has 2 aliphatic rings. The number of halogens is 1. The molecule has 1 aromatic heterocycles. The number of rotatable bonds is 5. The van der Waals surface area contributed by atoms with E-state index < -0.39 is 0 Å². The molecule has 2 saturated heterocycles. The molecule has 0 unspecified atom stereocenters. The molecule has 2 fully saturated rings. The molecule has 0 spiro atoms. The van der Waals surface area contributed by atoms with E-state index in [-0.39, 0.29) is 5.82 Å². The Bertz CT molecular complexity index is 749. The summed E-state index contributed by atoms with van der Waals surface area (Å²) in [6.07, 6.45) is 6.19. The normalized spacial score (nSPS) is 17.4. The van der Waals surface area contributed by atoms with Crippen molar-refractivity contribution < 1.29 is 4.39 Å². The molecule has 2 aromatic rings. The van der Waals surface area contributed by atoms with Crippen LogP contribution in [0.1, 0.15) is 31.2 Å². The zero-order valence-electron chi connectivity index (χ0n) is 14.6. The minimum atomic E-state index is -0.290. The summed E-state index contributed by atoms with van der Waals surface area (Å²) in [6, 6.07) is 6.26. The van der Waals surface area contributed by atoms with Gasteiger partial charge in [0.2, 0.25) is 17.8 Å². The summed E-state index contributed by atoms with van der Waals surface area (Å²) >= 11 is 0. The summed E-state index contributed by atoms with van der Waals surface area (Å²) in [5.74, 6) is 1.52. The van der Waals surface area contributed by atoms with Gasteiger partial charge in [0, 0.05) is 26.2 Å². The Morgan fingerprint density at radius 3 is 2.12 bits per heavy atom. The lowest BCUT2D eigenvalue weighted by molar-refractivity contribution is 0.627. The second-order valence-corrected chi connectivity index (χ2v) is 6.57. The van der Waals surface area contributed by atoms with E-state index in [0.29, 0.717) is 23.4 Å². The fourth-order valence-electron chi connectivity index (χ4n) is 3.27. The van der Waals surface area contributed by atoms with Crippen molar-refractivity contribution in [1.29, 1.82) is 0 Å². The van der Waals surface area contributed by atoms with Gasteiger partial charge in [0.05, 0.1) is 6.21 Å². The minimum Gasteiger partial charge on any atom is -0.341 e. The summed E-state index contributed by atoms with van der Waals surface area (Å²) in [5, 5.41) is 4.16.